The molecular weight excluding hydrogens is 341 g/mol. The maximum absolute atomic E-state index is 12.4. The van der Waals surface area contributed by atoms with Crippen LogP contribution in [0.1, 0.15) is 6.92 Å². The zero-order valence-electron chi connectivity index (χ0n) is 10.7. The quantitative estimate of drug-likeness (QED) is 0.611. The van der Waals surface area contributed by atoms with Crippen LogP contribution in [0, 0.1) is 0 Å². The summed E-state index contributed by atoms with van der Waals surface area (Å²) in [5, 5.41) is -0.164. The number of amides is 1. The molecule has 22 heavy (non-hydrogen) atoms. The van der Waals surface area contributed by atoms with E-state index in [1.807, 2.05) is 0 Å². The summed E-state index contributed by atoms with van der Waals surface area (Å²) in [4.78, 5) is 10.9. The van der Waals surface area contributed by atoms with Gasteiger partial charge in [-0.3, -0.25) is 5.32 Å². The van der Waals surface area contributed by atoms with Gasteiger partial charge in [0.2, 0.25) is 0 Å². The largest absolute Gasteiger partial charge is 0.447 e. The van der Waals surface area contributed by atoms with Crippen LogP contribution < -0.4 is 5.32 Å². The minimum absolute atomic E-state index is 0.0859. The van der Waals surface area contributed by atoms with Gasteiger partial charge in [0.05, 0.1) is 6.61 Å². The van der Waals surface area contributed by atoms with Crippen LogP contribution >= 0.6 is 0 Å². The summed E-state index contributed by atoms with van der Waals surface area (Å²) in [7, 11) is 0. The molecule has 0 aliphatic rings. The fraction of sp³-hybridized carbons (Fsp3) is 0.889. The smallest absolute Gasteiger partial charge is 0.429 e. The Labute approximate surface area is 117 Å². The summed E-state index contributed by atoms with van der Waals surface area (Å²) < 4.78 is 120. The Kier molecular flexibility index (Phi) is 6.36. The van der Waals surface area contributed by atoms with Gasteiger partial charge in [0, 0.05) is 6.61 Å². The van der Waals surface area contributed by atoms with Crippen LogP contribution in [0.25, 0.3) is 0 Å². The molecule has 0 fully saturated rings. The first kappa shape index (κ1) is 20.6. The highest BCUT2D eigenvalue weighted by Gasteiger charge is 2.85. The van der Waals surface area contributed by atoms with Crippen molar-refractivity contribution in [1.29, 1.82) is 0 Å². The van der Waals surface area contributed by atoms with Crippen LogP contribution in [0.4, 0.5) is 44.3 Å². The molecule has 0 unspecified atom stereocenters. The van der Waals surface area contributed by atoms with Gasteiger partial charge < -0.3 is 9.47 Å². The maximum atomic E-state index is 12.4. The van der Waals surface area contributed by atoms with Gasteiger partial charge in [-0.15, -0.1) is 0 Å². The van der Waals surface area contributed by atoms with Crippen LogP contribution in [0.3, 0.4) is 0 Å². The van der Waals surface area contributed by atoms with Gasteiger partial charge in [0.25, 0.3) is 0 Å². The summed E-state index contributed by atoms with van der Waals surface area (Å²) in [6.45, 7) is 0.314. The van der Waals surface area contributed by atoms with Gasteiger partial charge in [0.1, 0.15) is 6.61 Å². The Morgan fingerprint density at radius 2 is 1.27 bits per heavy atom. The fourth-order valence-corrected chi connectivity index (χ4v) is 1.22. The first-order valence-electron chi connectivity index (χ1n) is 5.43. The molecule has 0 atom stereocenters. The summed E-state index contributed by atoms with van der Waals surface area (Å²) in [6, 6.07) is 0. The number of halogens is 9. The van der Waals surface area contributed by atoms with E-state index in [0.29, 0.717) is 0 Å². The Balaban J connectivity index is 5.40. The fourth-order valence-electron chi connectivity index (χ4n) is 1.22. The van der Waals surface area contributed by atoms with E-state index >= 15 is 0 Å². The number of rotatable bonds is 5. The van der Waals surface area contributed by atoms with Gasteiger partial charge in [-0.25, -0.2) is 4.79 Å². The van der Waals surface area contributed by atoms with Gasteiger partial charge >= 0.3 is 30.2 Å². The third-order valence-corrected chi connectivity index (χ3v) is 2.23. The molecule has 0 saturated heterocycles. The van der Waals surface area contributed by atoms with Gasteiger partial charge in [-0.1, -0.05) is 0 Å². The second-order valence-electron chi connectivity index (χ2n) is 3.70. The van der Waals surface area contributed by atoms with E-state index in [9.17, 15) is 44.3 Å². The zero-order valence-corrected chi connectivity index (χ0v) is 10.7. The van der Waals surface area contributed by atoms with Crippen molar-refractivity contribution in [2.24, 2.45) is 0 Å². The lowest BCUT2D eigenvalue weighted by Crippen LogP contribution is -2.75. The molecule has 1 N–H and O–H groups in total. The normalized spacial score (nSPS) is 13.9. The summed E-state index contributed by atoms with van der Waals surface area (Å²) in [5.74, 6) is 0. The van der Waals surface area contributed by atoms with E-state index in [-0.39, 0.29) is 11.9 Å². The van der Waals surface area contributed by atoms with Gasteiger partial charge in [-0.2, -0.15) is 39.5 Å². The lowest BCUT2D eigenvalue weighted by atomic mass is 9.97. The number of alkyl halides is 9. The molecule has 0 aromatic rings. The highest BCUT2D eigenvalue weighted by Crippen LogP contribution is 2.52. The van der Waals surface area contributed by atoms with Crippen molar-refractivity contribution < 1.29 is 53.8 Å². The van der Waals surface area contributed by atoms with Gasteiger partial charge in [0.15, 0.2) is 0 Å². The second kappa shape index (κ2) is 6.79. The molecule has 0 aromatic heterocycles. The average Bonchev–Trinajstić information content (AvgIpc) is 2.26. The molecule has 0 heterocycles. The predicted octanol–water partition coefficient (Wildman–Crippen LogP) is 3.17. The molecule has 0 aliphatic carbocycles. The molecule has 4 nitrogen and oxygen atoms in total. The summed E-state index contributed by atoms with van der Waals surface area (Å²) in [6.07, 6.45) is -23.2. The number of hydrogen-bond donors (Lipinski definition) is 1. The molecule has 0 aliphatic heterocycles. The second-order valence-corrected chi connectivity index (χ2v) is 3.70. The van der Waals surface area contributed by atoms with E-state index in [4.69, 9.17) is 0 Å². The molecule has 0 radical (unpaired) electrons. The third kappa shape index (κ3) is 4.30. The van der Waals surface area contributed by atoms with E-state index in [1.54, 1.807) is 0 Å². The van der Waals surface area contributed by atoms with Crippen molar-refractivity contribution in [3.05, 3.63) is 0 Å². The maximum Gasteiger partial charge on any atom is 0.429 e. The van der Waals surface area contributed by atoms with Crippen molar-refractivity contribution in [1.82, 2.24) is 5.32 Å². The third-order valence-electron chi connectivity index (χ3n) is 2.23. The number of ether oxygens (including phenoxy) is 2. The highest BCUT2D eigenvalue weighted by atomic mass is 19.4. The first-order chi connectivity index (χ1) is 9.70. The Hall–Kier alpha value is -1.40. The van der Waals surface area contributed by atoms with Crippen LogP contribution in [0.2, 0.25) is 0 Å². The number of hydrogen-bond acceptors (Lipinski definition) is 3. The number of carbonyl (C=O) groups excluding carboxylic acids is 1. The standard InChI is InChI=1S/C9H10F9NO3/c1-2-21-3-4-22-5(20)19-6(7(10,11)12,8(13,14)15)9(16,17)18/h2-4H2,1H3,(H,19,20). The Morgan fingerprint density at radius 3 is 1.59 bits per heavy atom. The first-order valence-corrected chi connectivity index (χ1v) is 5.43. The van der Waals surface area contributed by atoms with Crippen LogP contribution in [0.5, 0.6) is 0 Å². The molecule has 1 amide bonds. The van der Waals surface area contributed by atoms with E-state index in [1.165, 1.54) is 6.92 Å². The monoisotopic (exact) mass is 351 g/mol. The highest BCUT2D eigenvalue weighted by molar-refractivity contribution is 5.69. The topological polar surface area (TPSA) is 47.6 Å². The Bertz CT molecular complexity index is 338. The molecule has 0 spiro atoms. The van der Waals surface area contributed by atoms with E-state index in [2.05, 4.69) is 9.47 Å². The van der Waals surface area contributed by atoms with E-state index in [0.717, 1.165) is 0 Å². The average molecular weight is 351 g/mol. The number of alkyl carbamates (subject to hydrolysis) is 1. The van der Waals surface area contributed by atoms with E-state index < -0.39 is 43.4 Å². The van der Waals surface area contributed by atoms with Crippen molar-refractivity contribution in [3.8, 4) is 0 Å². The van der Waals surface area contributed by atoms with Crippen molar-refractivity contribution in [2.75, 3.05) is 19.8 Å². The summed E-state index contributed by atoms with van der Waals surface area (Å²) in [5.41, 5.74) is -6.43. The van der Waals surface area contributed by atoms with Crippen LogP contribution in [0.15, 0.2) is 0 Å². The Morgan fingerprint density at radius 1 is 0.864 bits per heavy atom. The molecule has 0 aromatic carbocycles. The lowest BCUT2D eigenvalue weighted by Gasteiger charge is -2.38. The molecule has 0 bridgehead atoms. The van der Waals surface area contributed by atoms with Crippen LogP contribution in [-0.4, -0.2) is 50.0 Å². The van der Waals surface area contributed by atoms with Crippen LogP contribution in [-0.2, 0) is 9.47 Å². The SMILES string of the molecule is CCOCCOC(=O)NC(C(F)(F)F)(C(F)(F)F)C(F)(F)F. The van der Waals surface area contributed by atoms with Crippen molar-refractivity contribution in [3.63, 3.8) is 0 Å². The molecule has 13 heteroatoms. The zero-order chi connectivity index (χ0) is 17.8. The minimum Gasteiger partial charge on any atom is -0.447 e. The number of nitrogens with one attached hydrogen (secondary N) is 1. The minimum atomic E-state index is -6.89. The summed E-state index contributed by atoms with van der Waals surface area (Å²) >= 11 is 0. The predicted molar refractivity (Wildman–Crippen MR) is 51.9 cm³/mol. The van der Waals surface area contributed by atoms with Crippen molar-refractivity contribution >= 4 is 6.09 Å². The lowest BCUT2D eigenvalue weighted by molar-refractivity contribution is -0.387. The molecule has 132 valence electrons. The molecule has 0 rings (SSSR count). The molecule has 0 saturated carbocycles. The van der Waals surface area contributed by atoms with Crippen molar-refractivity contribution in [2.45, 2.75) is 31.0 Å². The number of carbonyl (C=O) groups is 1. The molecular formula is C9H10F9NO3. The van der Waals surface area contributed by atoms with Gasteiger partial charge in [-0.05, 0) is 6.92 Å².